The van der Waals surface area contributed by atoms with Crippen molar-refractivity contribution in [2.45, 2.75) is 31.5 Å². The van der Waals surface area contributed by atoms with Crippen molar-refractivity contribution >= 4 is 0 Å². The highest BCUT2D eigenvalue weighted by molar-refractivity contribution is 4.89. The molecule has 0 aromatic rings. The van der Waals surface area contributed by atoms with Gasteiger partial charge in [0.1, 0.15) is 0 Å². The zero-order valence-corrected chi connectivity index (χ0v) is 10.9. The highest BCUT2D eigenvalue weighted by atomic mass is 16.5. The third-order valence-electron chi connectivity index (χ3n) is 3.02. The lowest BCUT2D eigenvalue weighted by atomic mass is 9.92. The second kappa shape index (κ2) is 8.00. The lowest BCUT2D eigenvalue weighted by Crippen LogP contribution is -2.53. The Labute approximate surface area is 103 Å². The van der Waals surface area contributed by atoms with Gasteiger partial charge in [0.25, 0.3) is 0 Å². The van der Waals surface area contributed by atoms with Crippen molar-refractivity contribution in [2.24, 2.45) is 0 Å². The Bertz CT molecular complexity index is 199. The third-order valence-corrected chi connectivity index (χ3v) is 3.02. The maximum absolute atomic E-state index is 10.1. The van der Waals surface area contributed by atoms with Crippen LogP contribution in [0.4, 0.5) is 0 Å². The van der Waals surface area contributed by atoms with Gasteiger partial charge in [-0.25, -0.2) is 0 Å². The maximum atomic E-state index is 10.1. The first-order valence-corrected chi connectivity index (χ1v) is 6.28. The van der Waals surface area contributed by atoms with Gasteiger partial charge < -0.3 is 24.6 Å². The van der Waals surface area contributed by atoms with Crippen molar-refractivity contribution in [1.29, 1.82) is 0 Å². The van der Waals surface area contributed by atoms with Gasteiger partial charge in [0.05, 0.1) is 24.9 Å². The summed E-state index contributed by atoms with van der Waals surface area (Å²) in [5.74, 6) is 0. The summed E-state index contributed by atoms with van der Waals surface area (Å²) in [6, 6.07) is 0. The van der Waals surface area contributed by atoms with E-state index in [1.807, 2.05) is 6.92 Å². The van der Waals surface area contributed by atoms with E-state index in [9.17, 15) is 5.11 Å². The molecule has 0 saturated carbocycles. The summed E-state index contributed by atoms with van der Waals surface area (Å²) in [7, 11) is 1.66. The third kappa shape index (κ3) is 5.79. The zero-order valence-electron chi connectivity index (χ0n) is 10.9. The van der Waals surface area contributed by atoms with E-state index in [-0.39, 0.29) is 6.10 Å². The minimum atomic E-state index is -0.706. The van der Waals surface area contributed by atoms with Gasteiger partial charge in [0.2, 0.25) is 0 Å². The molecule has 0 aromatic carbocycles. The molecule has 1 aliphatic rings. The Morgan fingerprint density at radius 2 is 2.12 bits per heavy atom. The number of hydrogen-bond acceptors (Lipinski definition) is 5. The smallest absolute Gasteiger partial charge is 0.0983 e. The van der Waals surface area contributed by atoms with E-state index >= 15 is 0 Å². The predicted octanol–water partition coefficient (Wildman–Crippen LogP) is 0.169. The molecule has 102 valence electrons. The average Bonchev–Trinajstić information content (AvgIpc) is 2.29. The van der Waals surface area contributed by atoms with Gasteiger partial charge >= 0.3 is 0 Å². The van der Waals surface area contributed by atoms with E-state index in [0.717, 1.165) is 25.9 Å². The Hall–Kier alpha value is -0.200. The molecule has 5 heteroatoms. The molecule has 1 fully saturated rings. The van der Waals surface area contributed by atoms with Crippen LogP contribution in [-0.2, 0) is 14.2 Å². The van der Waals surface area contributed by atoms with E-state index in [2.05, 4.69) is 5.32 Å². The quantitative estimate of drug-likeness (QED) is 0.599. The minimum Gasteiger partial charge on any atom is -0.387 e. The fraction of sp³-hybridized carbons (Fsp3) is 1.00. The monoisotopic (exact) mass is 247 g/mol. The van der Waals surface area contributed by atoms with Crippen LogP contribution in [0, 0.1) is 0 Å². The molecule has 2 unspecified atom stereocenters. The molecule has 0 aliphatic carbocycles. The van der Waals surface area contributed by atoms with Gasteiger partial charge in [0.15, 0.2) is 0 Å². The molecule has 1 rings (SSSR count). The summed E-state index contributed by atoms with van der Waals surface area (Å²) in [6.45, 7) is 5.96. The summed E-state index contributed by atoms with van der Waals surface area (Å²) < 4.78 is 15.9. The topological polar surface area (TPSA) is 60.0 Å². The number of nitrogens with one attached hydrogen (secondary N) is 1. The van der Waals surface area contributed by atoms with Crippen LogP contribution in [0.5, 0.6) is 0 Å². The maximum Gasteiger partial charge on any atom is 0.0983 e. The van der Waals surface area contributed by atoms with Gasteiger partial charge in [-0.1, -0.05) is 0 Å². The molecule has 0 spiro atoms. The Morgan fingerprint density at radius 1 is 1.29 bits per heavy atom. The molecule has 0 radical (unpaired) electrons. The SMILES string of the molecule is COCCOCCCOC1CNCCC1(C)O. The lowest BCUT2D eigenvalue weighted by Gasteiger charge is -2.37. The average molecular weight is 247 g/mol. The van der Waals surface area contributed by atoms with Crippen LogP contribution in [0.25, 0.3) is 0 Å². The second-order valence-electron chi connectivity index (χ2n) is 4.63. The first kappa shape index (κ1) is 14.9. The van der Waals surface area contributed by atoms with E-state index in [0.29, 0.717) is 26.4 Å². The van der Waals surface area contributed by atoms with Gasteiger partial charge in [-0.15, -0.1) is 0 Å². The number of piperidine rings is 1. The summed E-state index contributed by atoms with van der Waals surface area (Å²) in [5.41, 5.74) is -0.706. The molecular weight excluding hydrogens is 222 g/mol. The fourth-order valence-electron chi connectivity index (χ4n) is 1.82. The Morgan fingerprint density at radius 3 is 2.82 bits per heavy atom. The van der Waals surface area contributed by atoms with E-state index in [1.54, 1.807) is 7.11 Å². The van der Waals surface area contributed by atoms with Crippen molar-refractivity contribution in [3.05, 3.63) is 0 Å². The summed E-state index contributed by atoms with van der Waals surface area (Å²) in [5, 5.41) is 13.3. The van der Waals surface area contributed by atoms with Gasteiger partial charge in [0, 0.05) is 26.9 Å². The normalized spacial score (nSPS) is 29.5. The van der Waals surface area contributed by atoms with Gasteiger partial charge in [-0.2, -0.15) is 0 Å². The molecule has 0 bridgehead atoms. The molecule has 1 saturated heterocycles. The van der Waals surface area contributed by atoms with Crippen LogP contribution in [0.2, 0.25) is 0 Å². The summed E-state index contributed by atoms with van der Waals surface area (Å²) >= 11 is 0. The summed E-state index contributed by atoms with van der Waals surface area (Å²) in [6.07, 6.45) is 1.47. The molecule has 1 aliphatic heterocycles. The number of ether oxygens (including phenoxy) is 3. The molecule has 1 heterocycles. The summed E-state index contributed by atoms with van der Waals surface area (Å²) in [4.78, 5) is 0. The number of methoxy groups -OCH3 is 1. The molecule has 0 aromatic heterocycles. The molecule has 2 N–H and O–H groups in total. The molecular formula is C12H25NO4. The standard InChI is InChI=1S/C12H25NO4/c1-12(14)4-5-13-10-11(12)17-7-3-6-16-9-8-15-2/h11,13-14H,3-10H2,1-2H3. The molecule has 17 heavy (non-hydrogen) atoms. The predicted molar refractivity (Wildman–Crippen MR) is 65.2 cm³/mol. The highest BCUT2D eigenvalue weighted by Crippen LogP contribution is 2.20. The number of rotatable bonds is 8. The Balaban J connectivity index is 2.01. The number of aliphatic hydroxyl groups is 1. The van der Waals surface area contributed by atoms with Gasteiger partial charge in [-0.05, 0) is 26.3 Å². The van der Waals surface area contributed by atoms with E-state index in [1.165, 1.54) is 0 Å². The highest BCUT2D eigenvalue weighted by Gasteiger charge is 2.34. The van der Waals surface area contributed by atoms with Crippen molar-refractivity contribution in [3.8, 4) is 0 Å². The van der Waals surface area contributed by atoms with Crippen molar-refractivity contribution in [2.75, 3.05) is 46.6 Å². The second-order valence-corrected chi connectivity index (χ2v) is 4.63. The van der Waals surface area contributed by atoms with Crippen LogP contribution in [0.1, 0.15) is 19.8 Å². The van der Waals surface area contributed by atoms with Gasteiger partial charge in [-0.3, -0.25) is 0 Å². The van der Waals surface area contributed by atoms with Crippen LogP contribution in [0.15, 0.2) is 0 Å². The van der Waals surface area contributed by atoms with Crippen LogP contribution < -0.4 is 5.32 Å². The molecule has 5 nitrogen and oxygen atoms in total. The van der Waals surface area contributed by atoms with Crippen molar-refractivity contribution in [3.63, 3.8) is 0 Å². The van der Waals surface area contributed by atoms with Crippen LogP contribution in [-0.4, -0.2) is 63.4 Å². The van der Waals surface area contributed by atoms with Crippen molar-refractivity contribution in [1.82, 2.24) is 5.32 Å². The first-order chi connectivity index (χ1) is 8.17. The van der Waals surface area contributed by atoms with Crippen molar-refractivity contribution < 1.29 is 19.3 Å². The molecule has 0 amide bonds. The minimum absolute atomic E-state index is 0.116. The zero-order chi connectivity index (χ0) is 12.6. The van der Waals surface area contributed by atoms with Crippen LogP contribution >= 0.6 is 0 Å². The Kier molecular flexibility index (Phi) is 6.99. The van der Waals surface area contributed by atoms with E-state index in [4.69, 9.17) is 14.2 Å². The largest absolute Gasteiger partial charge is 0.387 e. The van der Waals surface area contributed by atoms with Crippen LogP contribution in [0.3, 0.4) is 0 Å². The number of hydrogen-bond donors (Lipinski definition) is 2. The van der Waals surface area contributed by atoms with E-state index < -0.39 is 5.60 Å². The fourth-order valence-corrected chi connectivity index (χ4v) is 1.82. The molecule has 2 atom stereocenters. The lowest BCUT2D eigenvalue weighted by molar-refractivity contribution is -0.115. The first-order valence-electron chi connectivity index (χ1n) is 6.28.